The van der Waals surface area contributed by atoms with Crippen molar-refractivity contribution in [3.05, 3.63) is 0 Å². The monoisotopic (exact) mass is 212 g/mol. The molecule has 4 nitrogen and oxygen atoms in total. The van der Waals surface area contributed by atoms with E-state index in [0.717, 1.165) is 25.9 Å². The first-order chi connectivity index (χ1) is 7.00. The van der Waals surface area contributed by atoms with Crippen LogP contribution < -0.4 is 5.32 Å². The number of carbonyl (C=O) groups excluding carboxylic acids is 2. The summed E-state index contributed by atoms with van der Waals surface area (Å²) in [6.45, 7) is 6.90. The van der Waals surface area contributed by atoms with E-state index in [1.165, 1.54) is 6.92 Å². The summed E-state index contributed by atoms with van der Waals surface area (Å²) in [4.78, 5) is 24.4. The third-order valence-electron chi connectivity index (χ3n) is 2.71. The highest BCUT2D eigenvalue weighted by atomic mass is 16.2. The fraction of sp³-hybridized carbons (Fsp3) is 0.818. The highest BCUT2D eigenvalue weighted by molar-refractivity contribution is 5.78. The largest absolute Gasteiger partial charge is 0.353 e. The molecule has 0 bridgehead atoms. The zero-order valence-electron chi connectivity index (χ0n) is 9.75. The molecule has 1 aliphatic rings. The zero-order valence-corrected chi connectivity index (χ0v) is 9.75. The second-order valence-corrected chi connectivity index (χ2v) is 4.45. The molecule has 4 heteroatoms. The van der Waals surface area contributed by atoms with Crippen molar-refractivity contribution in [2.75, 3.05) is 13.1 Å². The molecule has 0 aromatic heterocycles. The topological polar surface area (TPSA) is 49.4 Å². The first-order valence-electron chi connectivity index (χ1n) is 5.56. The number of amides is 2. The second kappa shape index (κ2) is 5.14. The number of carbonyl (C=O) groups is 2. The Kier molecular flexibility index (Phi) is 4.12. The molecule has 1 saturated heterocycles. The van der Waals surface area contributed by atoms with Crippen molar-refractivity contribution >= 4 is 11.8 Å². The molecule has 0 aromatic carbocycles. The van der Waals surface area contributed by atoms with Gasteiger partial charge in [0.05, 0.1) is 0 Å². The van der Waals surface area contributed by atoms with E-state index in [1.54, 1.807) is 0 Å². The van der Waals surface area contributed by atoms with Crippen LogP contribution in [0.5, 0.6) is 0 Å². The molecule has 15 heavy (non-hydrogen) atoms. The molecule has 1 aliphatic heterocycles. The molecule has 1 N–H and O–H groups in total. The molecule has 0 saturated carbocycles. The van der Waals surface area contributed by atoms with Gasteiger partial charge >= 0.3 is 0 Å². The van der Waals surface area contributed by atoms with Gasteiger partial charge in [-0.3, -0.25) is 9.59 Å². The molecule has 86 valence electrons. The number of likely N-dealkylation sites (tertiary alicyclic amines) is 1. The van der Waals surface area contributed by atoms with Crippen LogP contribution in [0.1, 0.15) is 33.6 Å². The van der Waals surface area contributed by atoms with Gasteiger partial charge in [0.1, 0.15) is 0 Å². The Labute approximate surface area is 91.0 Å². The fourth-order valence-corrected chi connectivity index (χ4v) is 1.90. The highest BCUT2D eigenvalue weighted by Crippen LogP contribution is 2.13. The van der Waals surface area contributed by atoms with Gasteiger partial charge in [-0.1, -0.05) is 13.8 Å². The third kappa shape index (κ3) is 3.53. The van der Waals surface area contributed by atoms with E-state index in [9.17, 15) is 9.59 Å². The normalized spacial score (nSPS) is 18.0. The Hall–Kier alpha value is -1.06. The van der Waals surface area contributed by atoms with Gasteiger partial charge in [0.15, 0.2) is 0 Å². The van der Waals surface area contributed by atoms with Crippen molar-refractivity contribution in [3.8, 4) is 0 Å². The lowest BCUT2D eigenvalue weighted by Gasteiger charge is -2.33. The van der Waals surface area contributed by atoms with Gasteiger partial charge in [-0.15, -0.1) is 0 Å². The number of nitrogens with one attached hydrogen (secondary N) is 1. The number of nitrogens with zero attached hydrogens (tertiary/aromatic N) is 1. The quantitative estimate of drug-likeness (QED) is 0.735. The van der Waals surface area contributed by atoms with Crippen LogP contribution in [0.2, 0.25) is 0 Å². The maximum absolute atomic E-state index is 11.7. The van der Waals surface area contributed by atoms with Crippen molar-refractivity contribution in [2.24, 2.45) is 5.92 Å². The zero-order chi connectivity index (χ0) is 11.4. The van der Waals surface area contributed by atoms with Crippen LogP contribution in [0.15, 0.2) is 0 Å². The average molecular weight is 212 g/mol. The van der Waals surface area contributed by atoms with E-state index in [-0.39, 0.29) is 23.8 Å². The smallest absolute Gasteiger partial charge is 0.225 e. The van der Waals surface area contributed by atoms with Crippen LogP contribution in [-0.2, 0) is 9.59 Å². The Bertz CT molecular complexity index is 243. The maximum atomic E-state index is 11.7. The van der Waals surface area contributed by atoms with Crippen molar-refractivity contribution in [1.82, 2.24) is 10.2 Å². The summed E-state index contributed by atoms with van der Waals surface area (Å²) in [7, 11) is 0. The van der Waals surface area contributed by atoms with Gasteiger partial charge in [-0.05, 0) is 12.8 Å². The van der Waals surface area contributed by atoms with Crippen molar-refractivity contribution < 1.29 is 9.59 Å². The third-order valence-corrected chi connectivity index (χ3v) is 2.71. The SMILES string of the molecule is CC(=O)NC1CCN(C(=O)C(C)C)CC1. The number of piperidine rings is 1. The van der Waals surface area contributed by atoms with E-state index >= 15 is 0 Å². The molecular weight excluding hydrogens is 192 g/mol. The number of hydrogen-bond acceptors (Lipinski definition) is 2. The van der Waals surface area contributed by atoms with Crippen molar-refractivity contribution in [3.63, 3.8) is 0 Å². The molecule has 0 unspecified atom stereocenters. The van der Waals surface area contributed by atoms with Crippen LogP contribution in [0.25, 0.3) is 0 Å². The predicted molar refractivity (Wildman–Crippen MR) is 58.3 cm³/mol. The molecule has 0 atom stereocenters. The van der Waals surface area contributed by atoms with Gasteiger partial charge in [0.25, 0.3) is 0 Å². The Balaban J connectivity index is 2.35. The van der Waals surface area contributed by atoms with Crippen molar-refractivity contribution in [2.45, 2.75) is 39.7 Å². The minimum atomic E-state index is 0.0173. The molecule has 1 fully saturated rings. The van der Waals surface area contributed by atoms with Gasteiger partial charge in [0.2, 0.25) is 11.8 Å². The molecule has 2 amide bonds. The number of hydrogen-bond donors (Lipinski definition) is 1. The van der Waals surface area contributed by atoms with Crippen LogP contribution in [-0.4, -0.2) is 35.8 Å². The summed E-state index contributed by atoms with van der Waals surface area (Å²) in [5.74, 6) is 0.308. The van der Waals surface area contributed by atoms with E-state index in [4.69, 9.17) is 0 Å². The summed E-state index contributed by atoms with van der Waals surface area (Å²) in [6.07, 6.45) is 1.75. The lowest BCUT2D eigenvalue weighted by molar-refractivity contribution is -0.135. The summed E-state index contributed by atoms with van der Waals surface area (Å²) in [5.41, 5.74) is 0. The average Bonchev–Trinajstić information content (AvgIpc) is 2.17. The van der Waals surface area contributed by atoms with Gasteiger partial charge in [-0.25, -0.2) is 0 Å². The van der Waals surface area contributed by atoms with E-state index in [0.29, 0.717) is 0 Å². The minimum absolute atomic E-state index is 0.0173. The predicted octanol–water partition coefficient (Wildman–Crippen LogP) is 0.769. The molecule has 0 spiro atoms. The standard InChI is InChI=1S/C11H20N2O2/c1-8(2)11(15)13-6-4-10(5-7-13)12-9(3)14/h8,10H,4-7H2,1-3H3,(H,12,14). The van der Waals surface area contributed by atoms with Crippen LogP contribution in [0.4, 0.5) is 0 Å². The Morgan fingerprint density at radius 2 is 1.80 bits per heavy atom. The molecule has 0 radical (unpaired) electrons. The Morgan fingerprint density at radius 1 is 1.27 bits per heavy atom. The first kappa shape index (κ1) is 12.0. The summed E-state index contributed by atoms with van der Waals surface area (Å²) < 4.78 is 0. The Morgan fingerprint density at radius 3 is 2.20 bits per heavy atom. The summed E-state index contributed by atoms with van der Waals surface area (Å²) in [6, 6.07) is 0.249. The lowest BCUT2D eigenvalue weighted by Crippen LogP contribution is -2.47. The molecule has 1 heterocycles. The van der Waals surface area contributed by atoms with Gasteiger partial charge in [-0.2, -0.15) is 0 Å². The van der Waals surface area contributed by atoms with Crippen LogP contribution in [0.3, 0.4) is 0 Å². The van der Waals surface area contributed by atoms with Crippen LogP contribution in [0, 0.1) is 5.92 Å². The second-order valence-electron chi connectivity index (χ2n) is 4.45. The fourth-order valence-electron chi connectivity index (χ4n) is 1.90. The molecular formula is C11H20N2O2. The van der Waals surface area contributed by atoms with Gasteiger partial charge < -0.3 is 10.2 Å². The van der Waals surface area contributed by atoms with Crippen LogP contribution >= 0.6 is 0 Å². The van der Waals surface area contributed by atoms with E-state index in [2.05, 4.69) is 5.32 Å². The minimum Gasteiger partial charge on any atom is -0.353 e. The first-order valence-corrected chi connectivity index (χ1v) is 5.56. The van der Waals surface area contributed by atoms with E-state index in [1.807, 2.05) is 18.7 Å². The van der Waals surface area contributed by atoms with E-state index < -0.39 is 0 Å². The molecule has 0 aromatic rings. The summed E-state index contributed by atoms with van der Waals surface area (Å²) >= 11 is 0. The summed E-state index contributed by atoms with van der Waals surface area (Å²) in [5, 5.41) is 2.89. The lowest BCUT2D eigenvalue weighted by atomic mass is 10.0. The van der Waals surface area contributed by atoms with Crippen molar-refractivity contribution in [1.29, 1.82) is 0 Å². The molecule has 0 aliphatic carbocycles. The maximum Gasteiger partial charge on any atom is 0.225 e. The molecule has 1 rings (SSSR count). The highest BCUT2D eigenvalue weighted by Gasteiger charge is 2.24. The van der Waals surface area contributed by atoms with Gasteiger partial charge in [0, 0.05) is 32.0 Å². The number of rotatable bonds is 2.